The third-order valence-electron chi connectivity index (χ3n) is 2.87. The number of hydrogen-bond donors (Lipinski definition) is 3. The second-order valence-electron chi connectivity index (χ2n) is 4.64. The van der Waals surface area contributed by atoms with Gasteiger partial charge in [0.1, 0.15) is 6.04 Å². The Balaban J connectivity index is 3.31. The first-order chi connectivity index (χ1) is 9.07. The zero-order chi connectivity index (χ0) is 14.5. The predicted molar refractivity (Wildman–Crippen MR) is 84.4 cm³/mol. The van der Waals surface area contributed by atoms with Crippen molar-refractivity contribution in [1.29, 1.82) is 0 Å². The van der Waals surface area contributed by atoms with Gasteiger partial charge in [-0.25, -0.2) is 0 Å². The van der Waals surface area contributed by atoms with Crippen LogP contribution < -0.4 is 11.1 Å². The van der Waals surface area contributed by atoms with Crippen LogP contribution in [0.1, 0.15) is 51.4 Å². The van der Waals surface area contributed by atoms with Gasteiger partial charge in [-0.1, -0.05) is 35.4 Å². The number of hydrogen-bond acceptors (Lipinski definition) is 3. The van der Waals surface area contributed by atoms with Crippen molar-refractivity contribution in [2.24, 2.45) is 5.73 Å². The Morgan fingerprint density at radius 1 is 1.11 bits per heavy atom. The molecular weight excluding hydrogens is 359 g/mol. The number of carboxylic acid groups (broad SMARTS) is 1. The summed E-state index contributed by atoms with van der Waals surface area (Å²) in [6.07, 6.45) is 7.05. The van der Waals surface area contributed by atoms with Crippen molar-refractivity contribution in [1.82, 2.24) is 5.32 Å². The molecule has 112 valence electrons. The number of aliphatic carboxylic acids is 1. The van der Waals surface area contributed by atoms with Crippen molar-refractivity contribution in [3.05, 3.63) is 0 Å². The van der Waals surface area contributed by atoms with Crippen LogP contribution in [0.4, 0.5) is 0 Å². The number of nitrogens with one attached hydrogen (secondary N) is 1. The lowest BCUT2D eigenvalue weighted by molar-refractivity contribution is -0.138. The molecule has 1 atom stereocenters. The fourth-order valence-corrected chi connectivity index (χ4v) is 2.20. The Kier molecular flexibility index (Phi) is 12.4. The van der Waals surface area contributed by atoms with Crippen molar-refractivity contribution in [3.8, 4) is 0 Å². The van der Waals surface area contributed by atoms with Gasteiger partial charge in [-0.2, -0.15) is 0 Å². The Morgan fingerprint density at radius 3 is 2.42 bits per heavy atom. The summed E-state index contributed by atoms with van der Waals surface area (Å²) in [5.41, 5.74) is 5.38. The topological polar surface area (TPSA) is 92.4 Å². The number of nitrogens with two attached hydrogens (primary N) is 1. The van der Waals surface area contributed by atoms with E-state index in [1.807, 2.05) is 0 Å². The standard InChI is InChI=1S/C13H25IN2O3/c14-9-5-2-1-3-8-12(17)16-10-6-4-7-11(15)13(18)19/h11H,1-10,15H2,(H,16,17)(H,18,19)/t11-/m0/s1. The van der Waals surface area contributed by atoms with Crippen LogP contribution in [0.25, 0.3) is 0 Å². The third kappa shape index (κ3) is 12.4. The molecule has 6 heteroatoms. The summed E-state index contributed by atoms with van der Waals surface area (Å²) in [7, 11) is 0. The fourth-order valence-electron chi connectivity index (χ4n) is 1.66. The van der Waals surface area contributed by atoms with Crippen molar-refractivity contribution in [3.63, 3.8) is 0 Å². The molecule has 0 saturated carbocycles. The van der Waals surface area contributed by atoms with Crippen molar-refractivity contribution >= 4 is 34.5 Å². The van der Waals surface area contributed by atoms with Crippen LogP contribution in [0.3, 0.4) is 0 Å². The van der Waals surface area contributed by atoms with Gasteiger partial charge in [0.2, 0.25) is 5.91 Å². The molecule has 0 aliphatic rings. The van der Waals surface area contributed by atoms with Gasteiger partial charge < -0.3 is 16.2 Å². The van der Waals surface area contributed by atoms with E-state index in [0.717, 1.165) is 25.7 Å². The zero-order valence-electron chi connectivity index (χ0n) is 11.4. The molecule has 0 bridgehead atoms. The van der Waals surface area contributed by atoms with Crippen molar-refractivity contribution < 1.29 is 14.7 Å². The molecule has 0 heterocycles. The number of carboxylic acids is 1. The van der Waals surface area contributed by atoms with E-state index in [9.17, 15) is 9.59 Å². The molecule has 0 aromatic carbocycles. The maximum absolute atomic E-state index is 11.4. The molecule has 0 aliphatic heterocycles. The van der Waals surface area contributed by atoms with Gasteiger partial charge in [-0.15, -0.1) is 0 Å². The fraction of sp³-hybridized carbons (Fsp3) is 0.846. The number of amides is 1. The molecule has 0 unspecified atom stereocenters. The van der Waals surface area contributed by atoms with Gasteiger partial charge in [0.05, 0.1) is 0 Å². The van der Waals surface area contributed by atoms with Crippen LogP contribution in [0.15, 0.2) is 0 Å². The molecule has 0 rings (SSSR count). The smallest absolute Gasteiger partial charge is 0.320 e. The summed E-state index contributed by atoms with van der Waals surface area (Å²) in [6, 6.07) is -0.784. The summed E-state index contributed by atoms with van der Waals surface area (Å²) in [6.45, 7) is 0.610. The monoisotopic (exact) mass is 384 g/mol. The van der Waals surface area contributed by atoms with Gasteiger partial charge in [0, 0.05) is 13.0 Å². The molecule has 0 radical (unpaired) electrons. The van der Waals surface area contributed by atoms with E-state index >= 15 is 0 Å². The highest BCUT2D eigenvalue weighted by atomic mass is 127. The quantitative estimate of drug-likeness (QED) is 0.273. The normalized spacial score (nSPS) is 12.1. The van der Waals surface area contributed by atoms with Gasteiger partial charge in [-0.05, 0) is 36.5 Å². The molecule has 1 amide bonds. The molecule has 19 heavy (non-hydrogen) atoms. The summed E-state index contributed by atoms with van der Waals surface area (Å²) in [4.78, 5) is 21.9. The number of halogens is 1. The van der Waals surface area contributed by atoms with Gasteiger partial charge >= 0.3 is 5.97 Å². The second-order valence-corrected chi connectivity index (χ2v) is 5.72. The maximum Gasteiger partial charge on any atom is 0.320 e. The van der Waals surface area contributed by atoms with E-state index in [-0.39, 0.29) is 5.91 Å². The van der Waals surface area contributed by atoms with Crippen LogP contribution in [-0.2, 0) is 9.59 Å². The first-order valence-corrected chi connectivity index (χ1v) is 8.41. The summed E-state index contributed by atoms with van der Waals surface area (Å²) in [5.74, 6) is -0.868. The van der Waals surface area contributed by atoms with Crippen LogP contribution in [-0.4, -0.2) is 34.0 Å². The number of alkyl halides is 1. The van der Waals surface area contributed by atoms with Crippen LogP contribution in [0.5, 0.6) is 0 Å². The second kappa shape index (κ2) is 12.7. The predicted octanol–water partition coefficient (Wildman–Crippen LogP) is 2.07. The van der Waals surface area contributed by atoms with Crippen LogP contribution >= 0.6 is 22.6 Å². The van der Waals surface area contributed by atoms with E-state index in [4.69, 9.17) is 10.8 Å². The summed E-state index contributed by atoms with van der Waals surface area (Å²) in [5, 5.41) is 11.4. The van der Waals surface area contributed by atoms with E-state index in [2.05, 4.69) is 27.9 Å². The Morgan fingerprint density at radius 2 is 1.79 bits per heavy atom. The van der Waals surface area contributed by atoms with E-state index in [1.165, 1.54) is 17.3 Å². The minimum atomic E-state index is -0.962. The molecule has 4 N–H and O–H groups in total. The summed E-state index contributed by atoms with van der Waals surface area (Å²) >= 11 is 2.36. The highest BCUT2D eigenvalue weighted by molar-refractivity contribution is 14.1. The van der Waals surface area contributed by atoms with E-state index in [0.29, 0.717) is 19.4 Å². The minimum absolute atomic E-state index is 0.0945. The zero-order valence-corrected chi connectivity index (χ0v) is 13.5. The lowest BCUT2D eigenvalue weighted by atomic mass is 10.1. The Labute approximate surface area is 128 Å². The van der Waals surface area contributed by atoms with Gasteiger partial charge in [0.15, 0.2) is 0 Å². The highest BCUT2D eigenvalue weighted by Gasteiger charge is 2.10. The summed E-state index contributed by atoms with van der Waals surface area (Å²) < 4.78 is 1.18. The average molecular weight is 384 g/mol. The first kappa shape index (κ1) is 18.6. The number of carbonyl (C=O) groups is 2. The molecule has 0 spiro atoms. The molecule has 0 fully saturated rings. The third-order valence-corrected chi connectivity index (χ3v) is 3.63. The first-order valence-electron chi connectivity index (χ1n) is 6.89. The number of rotatable bonds is 12. The lowest BCUT2D eigenvalue weighted by Crippen LogP contribution is -2.30. The number of unbranched alkanes of at least 4 members (excludes halogenated alkanes) is 4. The van der Waals surface area contributed by atoms with Crippen LogP contribution in [0.2, 0.25) is 0 Å². The molecule has 5 nitrogen and oxygen atoms in total. The minimum Gasteiger partial charge on any atom is -0.480 e. The number of carbonyl (C=O) groups excluding carboxylic acids is 1. The van der Waals surface area contributed by atoms with Gasteiger partial charge in [-0.3, -0.25) is 9.59 Å². The Hall–Kier alpha value is -0.370. The molecule has 0 aliphatic carbocycles. The van der Waals surface area contributed by atoms with E-state index in [1.54, 1.807) is 0 Å². The van der Waals surface area contributed by atoms with Crippen molar-refractivity contribution in [2.75, 3.05) is 11.0 Å². The molecular formula is C13H25IN2O3. The Bertz CT molecular complexity index is 262. The lowest BCUT2D eigenvalue weighted by Gasteiger charge is -2.07. The molecule has 0 aromatic rings. The largest absolute Gasteiger partial charge is 0.480 e. The highest BCUT2D eigenvalue weighted by Crippen LogP contribution is 2.04. The SMILES string of the molecule is N[C@@H](CCCCNC(=O)CCCCCCI)C(=O)O. The average Bonchev–Trinajstić information content (AvgIpc) is 2.37. The van der Waals surface area contributed by atoms with E-state index < -0.39 is 12.0 Å². The maximum atomic E-state index is 11.4. The van der Waals surface area contributed by atoms with Crippen molar-refractivity contribution in [2.45, 2.75) is 57.4 Å². The van der Waals surface area contributed by atoms with Gasteiger partial charge in [0.25, 0.3) is 0 Å². The molecule has 0 saturated heterocycles. The van der Waals surface area contributed by atoms with Crippen LogP contribution in [0, 0.1) is 0 Å². The molecule has 0 aromatic heterocycles.